The summed E-state index contributed by atoms with van der Waals surface area (Å²) in [6, 6.07) is 21.9. The van der Waals surface area contributed by atoms with Crippen LogP contribution in [0.2, 0.25) is 0 Å². The normalized spacial score (nSPS) is 18.7. The average molecular weight is 474 g/mol. The molecule has 0 saturated carbocycles. The van der Waals surface area contributed by atoms with Gasteiger partial charge in [-0.15, -0.1) is 0 Å². The Morgan fingerprint density at radius 2 is 1.74 bits per heavy atom. The molecule has 0 spiro atoms. The number of fused-ring (bicyclic) bond motifs is 1. The first-order valence-corrected chi connectivity index (χ1v) is 11.8. The third-order valence-corrected chi connectivity index (χ3v) is 6.50. The maximum atomic E-state index is 13.2. The molecule has 0 radical (unpaired) electrons. The predicted molar refractivity (Wildman–Crippen MR) is 132 cm³/mol. The second kappa shape index (κ2) is 9.88. The highest BCUT2D eigenvalue weighted by molar-refractivity contribution is 5.79. The number of para-hydroxylation sites is 3. The van der Waals surface area contributed by atoms with Crippen LogP contribution in [0.15, 0.2) is 77.2 Å². The molecule has 180 valence electrons. The Kier molecular flexibility index (Phi) is 6.51. The van der Waals surface area contributed by atoms with E-state index in [-0.39, 0.29) is 30.4 Å². The number of hydrogen-bond donors (Lipinski definition) is 0. The molecule has 1 amide bonds. The minimum absolute atomic E-state index is 0.0371. The fourth-order valence-corrected chi connectivity index (χ4v) is 4.57. The Balaban J connectivity index is 1.23. The zero-order chi connectivity index (χ0) is 24.4. The van der Waals surface area contributed by atoms with Crippen LogP contribution in [0.4, 0.5) is 4.39 Å². The van der Waals surface area contributed by atoms with Gasteiger partial charge >= 0.3 is 0 Å². The van der Waals surface area contributed by atoms with E-state index in [1.165, 1.54) is 12.1 Å². The van der Waals surface area contributed by atoms with Crippen LogP contribution in [0.25, 0.3) is 22.6 Å². The number of benzene rings is 3. The molecule has 0 aliphatic carbocycles. The molecule has 0 bridgehead atoms. The lowest BCUT2D eigenvalue weighted by molar-refractivity contribution is -0.139. The maximum Gasteiger partial charge on any atom is 0.260 e. The van der Waals surface area contributed by atoms with Crippen molar-refractivity contribution in [3.8, 4) is 17.2 Å². The fraction of sp³-hybridized carbons (Fsp3) is 0.286. The number of ether oxygens (including phenoxy) is 1. The van der Waals surface area contributed by atoms with Crippen molar-refractivity contribution in [1.82, 2.24) is 14.8 Å². The summed E-state index contributed by atoms with van der Waals surface area (Å²) in [7, 11) is 0. The number of amides is 1. The van der Waals surface area contributed by atoms with Crippen LogP contribution in [-0.4, -0.2) is 52.5 Å². The molecule has 1 saturated heterocycles. The Hall–Kier alpha value is -3.71. The predicted octanol–water partition coefficient (Wildman–Crippen LogP) is 5.13. The highest BCUT2D eigenvalue weighted by atomic mass is 19.1. The molecule has 1 fully saturated rings. The van der Waals surface area contributed by atoms with Gasteiger partial charge in [-0.05, 0) is 55.8 Å². The molecule has 2 heterocycles. The third-order valence-electron chi connectivity index (χ3n) is 6.50. The van der Waals surface area contributed by atoms with E-state index in [2.05, 4.69) is 16.8 Å². The molecule has 1 aromatic heterocycles. The largest absolute Gasteiger partial charge is 0.483 e. The monoisotopic (exact) mass is 473 g/mol. The van der Waals surface area contributed by atoms with Crippen LogP contribution in [0, 0.1) is 5.82 Å². The van der Waals surface area contributed by atoms with Gasteiger partial charge in [-0.2, -0.15) is 0 Å². The van der Waals surface area contributed by atoms with Crippen molar-refractivity contribution in [3.63, 3.8) is 0 Å². The van der Waals surface area contributed by atoms with E-state index in [4.69, 9.17) is 9.15 Å². The second-order valence-electron chi connectivity index (χ2n) is 9.07. The summed E-state index contributed by atoms with van der Waals surface area (Å²) in [6.45, 7) is 6.17. The topological polar surface area (TPSA) is 58.8 Å². The number of hydrogen-bond acceptors (Lipinski definition) is 5. The highest BCUT2D eigenvalue weighted by Crippen LogP contribution is 2.31. The minimum Gasteiger partial charge on any atom is -0.483 e. The molecule has 1 aliphatic rings. The molecular weight excluding hydrogens is 445 g/mol. The molecule has 7 heteroatoms. The highest BCUT2D eigenvalue weighted by Gasteiger charge is 2.32. The first-order chi connectivity index (χ1) is 17.0. The molecule has 2 atom stereocenters. The fourth-order valence-electron chi connectivity index (χ4n) is 4.57. The number of carbonyl (C=O) groups is 1. The summed E-state index contributed by atoms with van der Waals surface area (Å²) >= 11 is 0. The number of oxazole rings is 1. The lowest BCUT2D eigenvalue weighted by Gasteiger charge is -2.44. The number of rotatable bonds is 6. The van der Waals surface area contributed by atoms with Crippen molar-refractivity contribution < 1.29 is 18.3 Å². The Labute approximate surface area is 203 Å². The van der Waals surface area contributed by atoms with Crippen LogP contribution in [0.3, 0.4) is 0 Å². The van der Waals surface area contributed by atoms with Crippen molar-refractivity contribution in [3.05, 3.63) is 84.2 Å². The van der Waals surface area contributed by atoms with Crippen molar-refractivity contribution >= 4 is 17.0 Å². The van der Waals surface area contributed by atoms with E-state index in [0.29, 0.717) is 29.3 Å². The number of halogens is 1. The lowest BCUT2D eigenvalue weighted by atomic mass is 10.1. The van der Waals surface area contributed by atoms with Crippen molar-refractivity contribution in [2.45, 2.75) is 32.5 Å². The van der Waals surface area contributed by atoms with Crippen LogP contribution in [0.1, 0.15) is 19.4 Å². The van der Waals surface area contributed by atoms with Gasteiger partial charge in [0.25, 0.3) is 5.91 Å². The summed E-state index contributed by atoms with van der Waals surface area (Å²) in [5.41, 5.74) is 3.25. The van der Waals surface area contributed by atoms with Gasteiger partial charge in [-0.1, -0.05) is 36.4 Å². The standard InChI is InChI=1S/C28H28FN3O3/c1-19-16-32(20(2)15-31(19)17-21-11-13-22(29)14-12-21)27(33)18-34-25-9-5-3-7-23(25)28-30-24-8-4-6-10-26(24)35-28/h3-14,19-20H,15-18H2,1-2H3/t19-,20+/m0/s1. The molecular formula is C28H28FN3O3. The van der Waals surface area contributed by atoms with Crippen LogP contribution in [0.5, 0.6) is 5.75 Å². The molecule has 5 rings (SSSR count). The van der Waals surface area contributed by atoms with Gasteiger partial charge in [0, 0.05) is 31.7 Å². The van der Waals surface area contributed by atoms with Crippen LogP contribution in [-0.2, 0) is 11.3 Å². The van der Waals surface area contributed by atoms with E-state index in [0.717, 1.165) is 24.2 Å². The van der Waals surface area contributed by atoms with E-state index in [9.17, 15) is 9.18 Å². The third kappa shape index (κ3) is 5.05. The van der Waals surface area contributed by atoms with E-state index in [1.807, 2.05) is 72.5 Å². The second-order valence-corrected chi connectivity index (χ2v) is 9.07. The van der Waals surface area contributed by atoms with Gasteiger partial charge in [0.15, 0.2) is 12.2 Å². The van der Waals surface area contributed by atoms with E-state index >= 15 is 0 Å². The Morgan fingerprint density at radius 3 is 2.54 bits per heavy atom. The zero-order valence-corrected chi connectivity index (χ0v) is 19.9. The minimum atomic E-state index is -0.233. The number of aromatic nitrogens is 1. The molecule has 35 heavy (non-hydrogen) atoms. The maximum absolute atomic E-state index is 13.2. The van der Waals surface area contributed by atoms with Gasteiger partial charge < -0.3 is 14.1 Å². The molecule has 1 aliphatic heterocycles. The van der Waals surface area contributed by atoms with Crippen LogP contribution < -0.4 is 4.74 Å². The average Bonchev–Trinajstić information content (AvgIpc) is 3.30. The van der Waals surface area contributed by atoms with Gasteiger partial charge in [-0.25, -0.2) is 9.37 Å². The van der Waals surface area contributed by atoms with Gasteiger partial charge in [0.05, 0.1) is 5.56 Å². The molecule has 6 nitrogen and oxygen atoms in total. The summed E-state index contributed by atoms with van der Waals surface area (Å²) < 4.78 is 25.1. The molecule has 0 unspecified atom stereocenters. The molecule has 3 aromatic carbocycles. The Morgan fingerprint density at radius 1 is 1.00 bits per heavy atom. The number of carbonyl (C=O) groups excluding carboxylic acids is 1. The first-order valence-electron chi connectivity index (χ1n) is 11.8. The van der Waals surface area contributed by atoms with Gasteiger partial charge in [-0.3, -0.25) is 9.69 Å². The molecule has 4 aromatic rings. The molecule has 0 N–H and O–H groups in total. The number of piperazine rings is 1. The summed E-state index contributed by atoms with van der Waals surface area (Å²) in [4.78, 5) is 21.9. The summed E-state index contributed by atoms with van der Waals surface area (Å²) in [6.07, 6.45) is 0. The van der Waals surface area contributed by atoms with E-state index in [1.54, 1.807) is 0 Å². The Bertz CT molecular complexity index is 1290. The van der Waals surface area contributed by atoms with Crippen molar-refractivity contribution in [2.24, 2.45) is 0 Å². The van der Waals surface area contributed by atoms with Crippen molar-refractivity contribution in [2.75, 3.05) is 19.7 Å². The SMILES string of the molecule is C[C@@H]1CN(Cc2ccc(F)cc2)[C@@H](C)CN1C(=O)COc1ccccc1-c1nc2ccccc2o1. The first kappa shape index (κ1) is 23.1. The van der Waals surface area contributed by atoms with Gasteiger partial charge in [0.2, 0.25) is 5.89 Å². The quantitative estimate of drug-likeness (QED) is 0.388. The summed E-state index contributed by atoms with van der Waals surface area (Å²) in [5.74, 6) is 0.732. The van der Waals surface area contributed by atoms with Gasteiger partial charge in [0.1, 0.15) is 17.1 Å². The van der Waals surface area contributed by atoms with Crippen molar-refractivity contribution in [1.29, 1.82) is 0 Å². The lowest BCUT2D eigenvalue weighted by Crippen LogP contribution is -2.58. The van der Waals surface area contributed by atoms with Crippen LogP contribution >= 0.6 is 0 Å². The summed E-state index contributed by atoms with van der Waals surface area (Å²) in [5, 5.41) is 0. The zero-order valence-electron chi connectivity index (χ0n) is 19.9. The number of nitrogens with zero attached hydrogens (tertiary/aromatic N) is 3. The van der Waals surface area contributed by atoms with E-state index < -0.39 is 0 Å². The smallest absolute Gasteiger partial charge is 0.260 e.